The van der Waals surface area contributed by atoms with E-state index in [-0.39, 0.29) is 23.5 Å². The fourth-order valence-corrected chi connectivity index (χ4v) is 1.74. The standard InChI is InChI=1S/C11H10N2O5/c1-2-18-10-9(14)7-5-6(13(16)17)3-4-8(7)12-11(10)15/h3-5,10H,2H2,1H3,(H,12,15). The molecule has 94 valence electrons. The Balaban J connectivity index is 2.45. The predicted octanol–water partition coefficient (Wildman–Crippen LogP) is 1.13. The van der Waals surface area contributed by atoms with Gasteiger partial charge in [0.2, 0.25) is 5.78 Å². The zero-order valence-corrected chi connectivity index (χ0v) is 9.50. The lowest BCUT2D eigenvalue weighted by molar-refractivity contribution is -0.384. The maximum atomic E-state index is 12.0. The molecule has 0 aromatic heterocycles. The van der Waals surface area contributed by atoms with Gasteiger partial charge in [-0.15, -0.1) is 0 Å². The van der Waals surface area contributed by atoms with Gasteiger partial charge in [0, 0.05) is 18.7 Å². The van der Waals surface area contributed by atoms with Gasteiger partial charge >= 0.3 is 0 Å². The van der Waals surface area contributed by atoms with Gasteiger partial charge in [0.1, 0.15) is 0 Å². The van der Waals surface area contributed by atoms with Crippen molar-refractivity contribution in [3.05, 3.63) is 33.9 Å². The van der Waals surface area contributed by atoms with Gasteiger partial charge in [-0.05, 0) is 13.0 Å². The zero-order valence-electron chi connectivity index (χ0n) is 9.50. The van der Waals surface area contributed by atoms with Gasteiger partial charge in [-0.3, -0.25) is 19.7 Å². The maximum absolute atomic E-state index is 12.0. The predicted molar refractivity (Wildman–Crippen MR) is 61.5 cm³/mol. The van der Waals surface area contributed by atoms with Crippen LogP contribution in [0.1, 0.15) is 17.3 Å². The monoisotopic (exact) mass is 250 g/mol. The number of carbonyl (C=O) groups excluding carboxylic acids is 2. The number of non-ortho nitro benzene ring substituents is 1. The van der Waals surface area contributed by atoms with Gasteiger partial charge in [-0.2, -0.15) is 0 Å². The van der Waals surface area contributed by atoms with Crippen LogP contribution in [0, 0.1) is 10.1 Å². The van der Waals surface area contributed by atoms with E-state index >= 15 is 0 Å². The fraction of sp³-hybridized carbons (Fsp3) is 0.273. The number of nitrogens with zero attached hydrogens (tertiary/aromatic N) is 1. The summed E-state index contributed by atoms with van der Waals surface area (Å²) in [4.78, 5) is 33.6. The Morgan fingerprint density at radius 2 is 2.17 bits per heavy atom. The minimum Gasteiger partial charge on any atom is -0.361 e. The number of hydrogen-bond acceptors (Lipinski definition) is 5. The number of anilines is 1. The average Bonchev–Trinajstić information content (AvgIpc) is 2.34. The van der Waals surface area contributed by atoms with Crippen molar-refractivity contribution in [3.63, 3.8) is 0 Å². The lowest BCUT2D eigenvalue weighted by atomic mass is 9.98. The van der Waals surface area contributed by atoms with Crippen molar-refractivity contribution < 1.29 is 19.2 Å². The van der Waals surface area contributed by atoms with E-state index in [0.717, 1.165) is 6.07 Å². The minimum absolute atomic E-state index is 0.0993. The number of nitro benzene ring substituents is 1. The van der Waals surface area contributed by atoms with Gasteiger partial charge in [0.15, 0.2) is 6.10 Å². The molecule has 18 heavy (non-hydrogen) atoms. The first-order chi connectivity index (χ1) is 8.54. The molecule has 1 unspecified atom stereocenters. The molecule has 1 heterocycles. The molecular formula is C11H10N2O5. The Morgan fingerprint density at radius 1 is 1.44 bits per heavy atom. The Labute approximate surface area is 102 Å². The Kier molecular flexibility index (Phi) is 3.07. The lowest BCUT2D eigenvalue weighted by Gasteiger charge is -2.22. The van der Waals surface area contributed by atoms with Gasteiger partial charge in [-0.25, -0.2) is 0 Å². The molecule has 0 fully saturated rings. The molecule has 1 aliphatic rings. The van der Waals surface area contributed by atoms with E-state index in [9.17, 15) is 19.7 Å². The third-order valence-corrected chi connectivity index (χ3v) is 2.55. The Hall–Kier alpha value is -2.28. The Morgan fingerprint density at radius 3 is 2.78 bits per heavy atom. The molecule has 2 rings (SSSR count). The second-order valence-corrected chi connectivity index (χ2v) is 3.68. The molecule has 1 aromatic rings. The molecule has 7 heteroatoms. The van der Waals surface area contributed by atoms with Crippen molar-refractivity contribution in [1.29, 1.82) is 0 Å². The van der Waals surface area contributed by atoms with Crippen LogP contribution in [0.4, 0.5) is 11.4 Å². The summed E-state index contributed by atoms with van der Waals surface area (Å²) in [6.07, 6.45) is -1.23. The number of nitro groups is 1. The third kappa shape index (κ3) is 1.95. The van der Waals surface area contributed by atoms with E-state index in [2.05, 4.69) is 5.32 Å². The number of amides is 1. The fourth-order valence-electron chi connectivity index (χ4n) is 1.74. The summed E-state index contributed by atoms with van der Waals surface area (Å²) in [5, 5.41) is 13.1. The van der Waals surface area contributed by atoms with Crippen molar-refractivity contribution in [2.45, 2.75) is 13.0 Å². The summed E-state index contributed by atoms with van der Waals surface area (Å²) in [6, 6.07) is 3.71. The number of ether oxygens (including phenoxy) is 1. The van der Waals surface area contributed by atoms with Crippen molar-refractivity contribution in [3.8, 4) is 0 Å². The summed E-state index contributed by atoms with van der Waals surface area (Å²) >= 11 is 0. The van der Waals surface area contributed by atoms with Crippen molar-refractivity contribution >= 4 is 23.1 Å². The number of nitrogens with one attached hydrogen (secondary N) is 1. The maximum Gasteiger partial charge on any atom is 0.270 e. The largest absolute Gasteiger partial charge is 0.361 e. The average molecular weight is 250 g/mol. The van der Waals surface area contributed by atoms with Crippen LogP contribution in [0.15, 0.2) is 18.2 Å². The van der Waals surface area contributed by atoms with Crippen LogP contribution in [0.2, 0.25) is 0 Å². The van der Waals surface area contributed by atoms with Crippen LogP contribution in [0.3, 0.4) is 0 Å². The van der Waals surface area contributed by atoms with E-state index in [1.807, 2.05) is 0 Å². The van der Waals surface area contributed by atoms with Crippen LogP contribution < -0.4 is 5.32 Å². The first-order valence-corrected chi connectivity index (χ1v) is 5.29. The first kappa shape index (κ1) is 12.2. The summed E-state index contributed by atoms with van der Waals surface area (Å²) in [6.45, 7) is 1.86. The number of rotatable bonds is 3. The van der Waals surface area contributed by atoms with Crippen LogP contribution in [-0.2, 0) is 9.53 Å². The number of benzene rings is 1. The van der Waals surface area contributed by atoms with Gasteiger partial charge in [0.25, 0.3) is 11.6 Å². The molecule has 0 radical (unpaired) electrons. The highest BCUT2D eigenvalue weighted by Gasteiger charge is 2.35. The van der Waals surface area contributed by atoms with Crippen LogP contribution in [-0.4, -0.2) is 29.3 Å². The zero-order chi connectivity index (χ0) is 13.3. The molecule has 1 atom stereocenters. The third-order valence-electron chi connectivity index (χ3n) is 2.55. The number of hydrogen-bond donors (Lipinski definition) is 1. The van der Waals surface area contributed by atoms with Crippen molar-refractivity contribution in [1.82, 2.24) is 0 Å². The highest BCUT2D eigenvalue weighted by atomic mass is 16.6. The topological polar surface area (TPSA) is 98.5 Å². The summed E-state index contributed by atoms with van der Waals surface area (Å²) in [5.74, 6) is -1.11. The summed E-state index contributed by atoms with van der Waals surface area (Å²) < 4.78 is 5.03. The van der Waals surface area contributed by atoms with Crippen molar-refractivity contribution in [2.75, 3.05) is 11.9 Å². The number of ketones is 1. The van der Waals surface area contributed by atoms with Crippen LogP contribution >= 0.6 is 0 Å². The van der Waals surface area contributed by atoms with Gasteiger partial charge < -0.3 is 10.1 Å². The molecule has 1 aliphatic heterocycles. The molecule has 0 bridgehead atoms. The molecule has 1 aromatic carbocycles. The number of fused-ring (bicyclic) bond motifs is 1. The minimum atomic E-state index is -1.23. The molecule has 1 N–H and O–H groups in total. The lowest BCUT2D eigenvalue weighted by Crippen LogP contribution is -2.41. The first-order valence-electron chi connectivity index (χ1n) is 5.29. The number of Topliss-reactive ketones (excluding diaryl/α,β-unsaturated/α-hetero) is 1. The second-order valence-electron chi connectivity index (χ2n) is 3.68. The SMILES string of the molecule is CCOC1C(=O)Nc2ccc([N+](=O)[O-])cc2C1=O. The molecular weight excluding hydrogens is 240 g/mol. The van der Waals surface area contributed by atoms with E-state index < -0.39 is 22.7 Å². The molecule has 0 spiro atoms. The number of carbonyl (C=O) groups is 2. The summed E-state index contributed by atoms with van der Waals surface area (Å²) in [7, 11) is 0. The van der Waals surface area contributed by atoms with Crippen LogP contribution in [0.25, 0.3) is 0 Å². The van der Waals surface area contributed by atoms with Gasteiger partial charge in [0.05, 0.1) is 16.2 Å². The quantitative estimate of drug-likeness (QED) is 0.492. The van der Waals surface area contributed by atoms with E-state index in [1.165, 1.54) is 12.1 Å². The van der Waals surface area contributed by atoms with E-state index in [4.69, 9.17) is 4.74 Å². The summed E-state index contributed by atoms with van der Waals surface area (Å²) in [5.41, 5.74) is 0.169. The van der Waals surface area contributed by atoms with E-state index in [0.29, 0.717) is 0 Å². The van der Waals surface area contributed by atoms with Crippen LogP contribution in [0.5, 0.6) is 0 Å². The normalized spacial score (nSPS) is 18.2. The van der Waals surface area contributed by atoms with Crippen molar-refractivity contribution in [2.24, 2.45) is 0 Å². The Bertz CT molecular complexity index is 540. The highest BCUT2D eigenvalue weighted by molar-refractivity contribution is 6.23. The smallest absolute Gasteiger partial charge is 0.270 e. The van der Waals surface area contributed by atoms with E-state index in [1.54, 1.807) is 6.92 Å². The molecule has 0 saturated carbocycles. The molecule has 0 saturated heterocycles. The second kappa shape index (κ2) is 4.53. The molecule has 0 aliphatic carbocycles. The van der Waals surface area contributed by atoms with Gasteiger partial charge in [-0.1, -0.05) is 0 Å². The highest BCUT2D eigenvalue weighted by Crippen LogP contribution is 2.27. The molecule has 7 nitrogen and oxygen atoms in total. The molecule has 1 amide bonds.